The van der Waals surface area contributed by atoms with Gasteiger partial charge in [0, 0.05) is 25.0 Å². The van der Waals surface area contributed by atoms with E-state index in [1.807, 2.05) is 25.2 Å². The Labute approximate surface area is 92.6 Å². The summed E-state index contributed by atoms with van der Waals surface area (Å²) in [5, 5.41) is 0. The average Bonchev–Trinajstić information content (AvgIpc) is 2.60. The lowest BCUT2D eigenvalue weighted by Gasteiger charge is -2.00. The number of imidazole rings is 1. The Hall–Kier alpha value is -1.68. The molecule has 0 saturated heterocycles. The summed E-state index contributed by atoms with van der Waals surface area (Å²) >= 11 is 5.11. The van der Waals surface area contributed by atoms with Crippen molar-refractivity contribution in [1.82, 2.24) is 9.13 Å². The van der Waals surface area contributed by atoms with Crippen LogP contribution in [0.2, 0.25) is 0 Å². The van der Waals surface area contributed by atoms with E-state index < -0.39 is 0 Å². The number of carbonyl (C=O) groups is 1. The molecule has 0 aliphatic carbocycles. The smallest absolute Gasteiger partial charge is 0.264 e. The first kappa shape index (κ1) is 9.86. The number of carbonyl (C=O) groups excluding carboxylic acids is 1. The van der Waals surface area contributed by atoms with Crippen LogP contribution in [-0.4, -0.2) is 15.0 Å². The molecule has 0 unspecified atom stereocenters. The minimum atomic E-state index is -0.0961. The molecule has 76 valence electrons. The summed E-state index contributed by atoms with van der Waals surface area (Å²) in [6.07, 6.45) is 3.45. The van der Waals surface area contributed by atoms with Crippen LogP contribution in [0.3, 0.4) is 0 Å². The van der Waals surface area contributed by atoms with Crippen molar-refractivity contribution in [2.45, 2.75) is 0 Å². The van der Waals surface area contributed by atoms with E-state index in [2.05, 4.69) is 0 Å². The minimum absolute atomic E-state index is 0.0961. The van der Waals surface area contributed by atoms with Gasteiger partial charge in [-0.05, 0) is 24.4 Å². The SMILES string of the molecule is Cn1ccn(C(=O)c2ccccc2)c1=S. The molecule has 15 heavy (non-hydrogen) atoms. The highest BCUT2D eigenvalue weighted by molar-refractivity contribution is 7.71. The Kier molecular flexibility index (Phi) is 2.51. The molecule has 4 heteroatoms. The third-order valence-electron chi connectivity index (χ3n) is 2.19. The summed E-state index contributed by atoms with van der Waals surface area (Å²) in [6, 6.07) is 9.09. The fourth-order valence-corrected chi connectivity index (χ4v) is 1.54. The number of rotatable bonds is 1. The van der Waals surface area contributed by atoms with Crippen LogP contribution < -0.4 is 0 Å². The van der Waals surface area contributed by atoms with E-state index in [1.54, 1.807) is 29.1 Å². The third-order valence-corrected chi connectivity index (χ3v) is 2.67. The van der Waals surface area contributed by atoms with Crippen molar-refractivity contribution < 1.29 is 4.79 Å². The summed E-state index contributed by atoms with van der Waals surface area (Å²) in [7, 11) is 1.82. The van der Waals surface area contributed by atoms with Gasteiger partial charge in [-0.1, -0.05) is 18.2 Å². The molecule has 3 nitrogen and oxygen atoms in total. The van der Waals surface area contributed by atoms with Crippen LogP contribution in [0.5, 0.6) is 0 Å². The summed E-state index contributed by atoms with van der Waals surface area (Å²) < 4.78 is 3.70. The Balaban J connectivity index is 2.46. The van der Waals surface area contributed by atoms with Crippen molar-refractivity contribution in [1.29, 1.82) is 0 Å². The van der Waals surface area contributed by atoms with E-state index >= 15 is 0 Å². The van der Waals surface area contributed by atoms with Gasteiger partial charge in [0.05, 0.1) is 0 Å². The zero-order valence-corrected chi connectivity index (χ0v) is 9.07. The van der Waals surface area contributed by atoms with E-state index in [9.17, 15) is 4.79 Å². The van der Waals surface area contributed by atoms with E-state index in [0.717, 1.165) is 0 Å². The highest BCUT2D eigenvalue weighted by atomic mass is 32.1. The second-order valence-electron chi connectivity index (χ2n) is 3.23. The summed E-state index contributed by atoms with van der Waals surface area (Å²) in [6.45, 7) is 0. The Morgan fingerprint density at radius 2 is 1.87 bits per heavy atom. The van der Waals surface area contributed by atoms with Gasteiger partial charge in [-0.25, -0.2) is 0 Å². The van der Waals surface area contributed by atoms with E-state index in [1.165, 1.54) is 4.57 Å². The molecule has 0 N–H and O–H groups in total. The highest BCUT2D eigenvalue weighted by Crippen LogP contribution is 2.04. The van der Waals surface area contributed by atoms with E-state index in [-0.39, 0.29) is 5.91 Å². The Morgan fingerprint density at radius 1 is 1.20 bits per heavy atom. The molecule has 0 atom stereocenters. The second kappa shape index (κ2) is 3.82. The van der Waals surface area contributed by atoms with Gasteiger partial charge >= 0.3 is 0 Å². The fraction of sp³-hybridized carbons (Fsp3) is 0.0909. The molecule has 0 fully saturated rings. The quantitative estimate of drug-likeness (QED) is 0.686. The predicted molar refractivity (Wildman–Crippen MR) is 60.4 cm³/mol. The topological polar surface area (TPSA) is 26.9 Å². The number of benzene rings is 1. The van der Waals surface area contributed by atoms with Crippen LogP contribution >= 0.6 is 12.2 Å². The van der Waals surface area contributed by atoms with Crippen molar-refractivity contribution in [3.05, 3.63) is 53.1 Å². The van der Waals surface area contributed by atoms with Crippen LogP contribution in [0.15, 0.2) is 42.7 Å². The second-order valence-corrected chi connectivity index (χ2v) is 3.60. The van der Waals surface area contributed by atoms with Gasteiger partial charge in [0.15, 0.2) is 4.77 Å². The molecule has 1 aromatic heterocycles. The van der Waals surface area contributed by atoms with Gasteiger partial charge < -0.3 is 4.57 Å². The van der Waals surface area contributed by atoms with Gasteiger partial charge in [-0.15, -0.1) is 0 Å². The summed E-state index contributed by atoms with van der Waals surface area (Å²) in [4.78, 5) is 12.0. The zero-order valence-electron chi connectivity index (χ0n) is 8.25. The lowest BCUT2D eigenvalue weighted by Crippen LogP contribution is -2.11. The number of aromatic nitrogens is 2. The van der Waals surface area contributed by atoms with Crippen LogP contribution in [0.4, 0.5) is 0 Å². The van der Waals surface area contributed by atoms with Gasteiger partial charge in [0.2, 0.25) is 0 Å². The predicted octanol–water partition coefficient (Wildman–Crippen LogP) is 2.24. The van der Waals surface area contributed by atoms with Gasteiger partial charge in [-0.3, -0.25) is 9.36 Å². The maximum absolute atomic E-state index is 12.0. The molecule has 0 aliphatic rings. The molecule has 1 heterocycles. The number of hydrogen-bond donors (Lipinski definition) is 0. The first-order valence-corrected chi connectivity index (χ1v) is 4.94. The molecule has 2 aromatic rings. The van der Waals surface area contributed by atoms with Crippen molar-refractivity contribution in [2.24, 2.45) is 7.05 Å². The number of hydrogen-bond acceptors (Lipinski definition) is 2. The molecule has 0 bridgehead atoms. The fourth-order valence-electron chi connectivity index (χ4n) is 1.34. The molecule has 2 rings (SSSR count). The van der Waals surface area contributed by atoms with Crippen molar-refractivity contribution >= 4 is 18.1 Å². The molecule has 0 saturated carbocycles. The van der Waals surface area contributed by atoms with E-state index in [4.69, 9.17) is 12.2 Å². The first-order valence-electron chi connectivity index (χ1n) is 4.54. The molecule has 0 aliphatic heterocycles. The molecule has 0 spiro atoms. The molecular formula is C11H10N2OS. The van der Waals surface area contributed by atoms with Gasteiger partial charge in [-0.2, -0.15) is 0 Å². The average molecular weight is 218 g/mol. The Bertz CT molecular complexity index is 539. The van der Waals surface area contributed by atoms with Crippen molar-refractivity contribution in [3.63, 3.8) is 0 Å². The van der Waals surface area contributed by atoms with E-state index in [0.29, 0.717) is 10.3 Å². The first-order chi connectivity index (χ1) is 7.20. The normalized spacial score (nSPS) is 10.2. The zero-order chi connectivity index (χ0) is 10.8. The largest absolute Gasteiger partial charge is 0.326 e. The standard InChI is InChI=1S/C11H10N2OS/c1-12-7-8-13(11(12)15)10(14)9-5-3-2-4-6-9/h2-8H,1H3. The monoisotopic (exact) mass is 218 g/mol. The summed E-state index contributed by atoms with van der Waals surface area (Å²) in [5.74, 6) is -0.0961. The molecule has 0 radical (unpaired) electrons. The minimum Gasteiger partial charge on any atom is -0.326 e. The highest BCUT2D eigenvalue weighted by Gasteiger charge is 2.08. The van der Waals surface area contributed by atoms with Crippen LogP contribution in [0, 0.1) is 4.77 Å². The third kappa shape index (κ3) is 1.76. The molecule has 1 aromatic carbocycles. The lowest BCUT2D eigenvalue weighted by atomic mass is 10.2. The lowest BCUT2D eigenvalue weighted by molar-refractivity contribution is 0.0957. The number of nitrogens with zero attached hydrogens (tertiary/aromatic N) is 2. The number of aryl methyl sites for hydroxylation is 1. The summed E-state index contributed by atoms with van der Waals surface area (Å²) in [5.41, 5.74) is 0.639. The van der Waals surface area contributed by atoms with Gasteiger partial charge in [0.25, 0.3) is 5.91 Å². The molecule has 0 amide bonds. The maximum Gasteiger partial charge on any atom is 0.264 e. The maximum atomic E-state index is 12.0. The van der Waals surface area contributed by atoms with Crippen LogP contribution in [-0.2, 0) is 7.05 Å². The Morgan fingerprint density at radius 3 is 2.40 bits per heavy atom. The van der Waals surface area contributed by atoms with Crippen LogP contribution in [0.1, 0.15) is 10.4 Å². The van der Waals surface area contributed by atoms with Crippen molar-refractivity contribution in [2.75, 3.05) is 0 Å². The van der Waals surface area contributed by atoms with Crippen LogP contribution in [0.25, 0.3) is 0 Å². The van der Waals surface area contributed by atoms with Crippen molar-refractivity contribution in [3.8, 4) is 0 Å². The molecular weight excluding hydrogens is 208 g/mol. The van der Waals surface area contributed by atoms with Gasteiger partial charge in [0.1, 0.15) is 0 Å².